The van der Waals surface area contributed by atoms with Crippen molar-refractivity contribution in [1.29, 1.82) is 0 Å². The molecule has 0 aromatic carbocycles. The van der Waals surface area contributed by atoms with Crippen molar-refractivity contribution < 1.29 is 9.90 Å². The van der Waals surface area contributed by atoms with Crippen LogP contribution in [0.5, 0.6) is 0 Å². The highest BCUT2D eigenvalue weighted by molar-refractivity contribution is 5.87. The van der Waals surface area contributed by atoms with Gasteiger partial charge in [0.25, 0.3) is 0 Å². The van der Waals surface area contributed by atoms with Gasteiger partial charge >= 0.3 is 5.97 Å². The van der Waals surface area contributed by atoms with E-state index >= 15 is 0 Å². The molecule has 0 atom stereocenters. The highest BCUT2D eigenvalue weighted by atomic mass is 16.4. The lowest BCUT2D eigenvalue weighted by Gasteiger charge is -2.17. The van der Waals surface area contributed by atoms with Crippen LogP contribution in [0.15, 0.2) is 18.3 Å². The van der Waals surface area contributed by atoms with Crippen LogP contribution in [0, 0.1) is 0 Å². The largest absolute Gasteiger partial charge is 0.478 e. The molecule has 0 bridgehead atoms. The average Bonchev–Trinajstić information content (AvgIpc) is 2.39. The molecule has 0 saturated carbocycles. The minimum Gasteiger partial charge on any atom is -0.478 e. The van der Waals surface area contributed by atoms with Gasteiger partial charge in [-0.3, -0.25) is 0 Å². The van der Waals surface area contributed by atoms with Gasteiger partial charge in [0, 0.05) is 12.7 Å². The van der Waals surface area contributed by atoms with Crippen molar-refractivity contribution in [3.8, 4) is 0 Å². The number of nitrogens with one attached hydrogen (secondary N) is 1. The van der Waals surface area contributed by atoms with Crippen LogP contribution in [-0.2, 0) is 0 Å². The van der Waals surface area contributed by atoms with Crippen LogP contribution in [0.2, 0.25) is 0 Å². The van der Waals surface area contributed by atoms with Crippen molar-refractivity contribution >= 4 is 11.8 Å². The van der Waals surface area contributed by atoms with Crippen LogP contribution in [0.1, 0.15) is 30.6 Å². The second kappa shape index (κ2) is 7.66. The number of aromatic carboxylic acids is 1. The molecule has 0 amide bonds. The van der Waals surface area contributed by atoms with Crippen LogP contribution in [-0.4, -0.2) is 47.1 Å². The zero-order valence-corrected chi connectivity index (χ0v) is 11.0. The summed E-state index contributed by atoms with van der Waals surface area (Å²) >= 11 is 0. The molecule has 2 N–H and O–H groups in total. The second-order valence-corrected chi connectivity index (χ2v) is 4.04. The summed E-state index contributed by atoms with van der Waals surface area (Å²) in [4.78, 5) is 17.1. The molecule has 0 fully saturated rings. The molecule has 5 heteroatoms. The van der Waals surface area contributed by atoms with E-state index in [1.807, 2.05) is 0 Å². The van der Waals surface area contributed by atoms with E-state index in [0.717, 1.165) is 38.4 Å². The van der Waals surface area contributed by atoms with Crippen molar-refractivity contribution in [1.82, 2.24) is 9.88 Å². The van der Waals surface area contributed by atoms with E-state index in [1.54, 1.807) is 12.1 Å². The van der Waals surface area contributed by atoms with E-state index in [9.17, 15) is 4.79 Å². The van der Waals surface area contributed by atoms with Crippen LogP contribution in [0.4, 0.5) is 5.82 Å². The summed E-state index contributed by atoms with van der Waals surface area (Å²) in [6.07, 6.45) is 2.42. The molecule has 1 rings (SSSR count). The Morgan fingerprint density at radius 1 is 1.39 bits per heavy atom. The van der Waals surface area contributed by atoms with Crippen molar-refractivity contribution in [2.24, 2.45) is 0 Å². The van der Waals surface area contributed by atoms with E-state index in [4.69, 9.17) is 5.11 Å². The molecule has 100 valence electrons. The minimum absolute atomic E-state index is 0.212. The smallest absolute Gasteiger partial charge is 0.337 e. The zero-order chi connectivity index (χ0) is 13.4. The van der Waals surface area contributed by atoms with Gasteiger partial charge in [0.1, 0.15) is 5.82 Å². The number of pyridine rings is 1. The molecule has 5 nitrogen and oxygen atoms in total. The maximum atomic E-state index is 10.6. The summed E-state index contributed by atoms with van der Waals surface area (Å²) in [5.41, 5.74) is 0.212. The van der Waals surface area contributed by atoms with Gasteiger partial charge in [-0.15, -0.1) is 0 Å². The van der Waals surface area contributed by atoms with Gasteiger partial charge < -0.3 is 15.3 Å². The van der Waals surface area contributed by atoms with Gasteiger partial charge in [0.2, 0.25) is 0 Å². The molecule has 0 aliphatic rings. The number of carboxylic acids is 1. The van der Waals surface area contributed by atoms with Crippen LogP contribution < -0.4 is 5.32 Å². The van der Waals surface area contributed by atoms with Crippen LogP contribution >= 0.6 is 0 Å². The Bertz CT molecular complexity index is 361. The molecular formula is C13H21N3O2. The normalized spacial score (nSPS) is 10.6. The Hall–Kier alpha value is -1.62. The predicted molar refractivity (Wildman–Crippen MR) is 72.1 cm³/mol. The monoisotopic (exact) mass is 251 g/mol. The van der Waals surface area contributed by atoms with Gasteiger partial charge in [-0.25, -0.2) is 9.78 Å². The maximum absolute atomic E-state index is 10.6. The van der Waals surface area contributed by atoms with Gasteiger partial charge in [0.05, 0.1) is 5.56 Å². The summed E-state index contributed by atoms with van der Waals surface area (Å²) in [5, 5.41) is 11.9. The highest BCUT2D eigenvalue weighted by Gasteiger charge is 2.02. The number of aromatic nitrogens is 1. The van der Waals surface area contributed by atoms with Crippen molar-refractivity contribution in [2.45, 2.75) is 20.3 Å². The number of carbonyl (C=O) groups is 1. The number of hydrogen-bond donors (Lipinski definition) is 2. The van der Waals surface area contributed by atoms with E-state index in [-0.39, 0.29) is 5.56 Å². The molecule has 1 aromatic heterocycles. The fourth-order valence-corrected chi connectivity index (χ4v) is 1.68. The third-order valence-corrected chi connectivity index (χ3v) is 2.86. The molecule has 0 aliphatic carbocycles. The summed E-state index contributed by atoms with van der Waals surface area (Å²) in [6, 6.07) is 3.25. The van der Waals surface area contributed by atoms with Gasteiger partial charge in [-0.2, -0.15) is 0 Å². The molecule has 0 saturated heterocycles. The topological polar surface area (TPSA) is 65.5 Å². The maximum Gasteiger partial charge on any atom is 0.337 e. The Kier molecular flexibility index (Phi) is 6.14. The summed E-state index contributed by atoms with van der Waals surface area (Å²) < 4.78 is 0. The first-order valence-corrected chi connectivity index (χ1v) is 6.33. The van der Waals surface area contributed by atoms with Crippen molar-refractivity contribution in [2.75, 3.05) is 31.5 Å². The molecule has 18 heavy (non-hydrogen) atoms. The van der Waals surface area contributed by atoms with Gasteiger partial charge in [-0.05, 0) is 38.2 Å². The Morgan fingerprint density at radius 3 is 2.61 bits per heavy atom. The standard InChI is InChI=1S/C13H21N3O2/c1-3-16(4-2)9-5-8-14-12-7-6-11(10-15-12)13(17)18/h6-7,10H,3-5,8-9H2,1-2H3,(H,14,15)(H,17,18). The SMILES string of the molecule is CCN(CC)CCCNc1ccc(C(=O)O)cn1. The highest BCUT2D eigenvalue weighted by Crippen LogP contribution is 2.05. The molecule has 1 aromatic rings. The molecule has 0 spiro atoms. The second-order valence-electron chi connectivity index (χ2n) is 4.04. The first-order valence-electron chi connectivity index (χ1n) is 6.33. The Morgan fingerprint density at radius 2 is 2.11 bits per heavy atom. The third-order valence-electron chi connectivity index (χ3n) is 2.86. The summed E-state index contributed by atoms with van der Waals surface area (Å²) in [7, 11) is 0. The Balaban J connectivity index is 2.29. The quantitative estimate of drug-likeness (QED) is 0.691. The molecule has 0 aliphatic heterocycles. The molecular weight excluding hydrogens is 230 g/mol. The van der Waals surface area contributed by atoms with Crippen molar-refractivity contribution in [3.63, 3.8) is 0 Å². The zero-order valence-electron chi connectivity index (χ0n) is 11.0. The van der Waals surface area contributed by atoms with Gasteiger partial charge in [-0.1, -0.05) is 13.8 Å². The van der Waals surface area contributed by atoms with Gasteiger partial charge in [0.15, 0.2) is 0 Å². The fraction of sp³-hybridized carbons (Fsp3) is 0.538. The van der Waals surface area contributed by atoms with E-state index in [0.29, 0.717) is 0 Å². The van der Waals surface area contributed by atoms with Crippen LogP contribution in [0.3, 0.4) is 0 Å². The number of carboxylic acid groups (broad SMARTS) is 1. The van der Waals surface area contributed by atoms with Crippen LogP contribution in [0.25, 0.3) is 0 Å². The lowest BCUT2D eigenvalue weighted by Crippen LogP contribution is -2.25. The number of anilines is 1. The summed E-state index contributed by atoms with van der Waals surface area (Å²) in [6.45, 7) is 8.36. The Labute approximate surface area is 108 Å². The summed E-state index contributed by atoms with van der Waals surface area (Å²) in [5.74, 6) is -0.227. The third kappa shape index (κ3) is 4.71. The molecule has 1 heterocycles. The lowest BCUT2D eigenvalue weighted by atomic mass is 10.3. The minimum atomic E-state index is -0.949. The fourth-order valence-electron chi connectivity index (χ4n) is 1.68. The number of hydrogen-bond acceptors (Lipinski definition) is 4. The van der Waals surface area contributed by atoms with E-state index in [1.165, 1.54) is 6.20 Å². The first-order chi connectivity index (χ1) is 8.67. The average molecular weight is 251 g/mol. The lowest BCUT2D eigenvalue weighted by molar-refractivity contribution is 0.0696. The molecule has 0 unspecified atom stereocenters. The first kappa shape index (κ1) is 14.4. The van der Waals surface area contributed by atoms with Crippen molar-refractivity contribution in [3.05, 3.63) is 23.9 Å². The molecule has 0 radical (unpaired) electrons. The number of rotatable bonds is 8. The van der Waals surface area contributed by atoms with E-state index < -0.39 is 5.97 Å². The number of nitrogens with zero attached hydrogens (tertiary/aromatic N) is 2. The van der Waals surface area contributed by atoms with E-state index in [2.05, 4.69) is 29.0 Å². The predicted octanol–water partition coefficient (Wildman–Crippen LogP) is 1.92.